The summed E-state index contributed by atoms with van der Waals surface area (Å²) in [7, 11) is 0. The molecule has 0 amide bonds. The Kier molecular flexibility index (Phi) is 5.64. The van der Waals surface area contributed by atoms with Crippen molar-refractivity contribution in [1.29, 1.82) is 0 Å². The van der Waals surface area contributed by atoms with Gasteiger partial charge in [-0.3, -0.25) is 0 Å². The first-order chi connectivity index (χ1) is 23.3. The van der Waals surface area contributed by atoms with Crippen molar-refractivity contribution in [2.75, 3.05) is 4.90 Å². The Bertz CT molecular complexity index is 2740. The predicted octanol–water partition coefficient (Wildman–Crippen LogP) is 13.1. The van der Waals surface area contributed by atoms with Gasteiger partial charge in [-0.15, -0.1) is 0 Å². The lowest BCUT2D eigenvalue weighted by Crippen LogP contribution is -2.10. The van der Waals surface area contributed by atoms with Crippen LogP contribution in [0.3, 0.4) is 0 Å². The summed E-state index contributed by atoms with van der Waals surface area (Å²) < 4.78 is 0. The Balaban J connectivity index is 1.19. The molecule has 47 heavy (non-hydrogen) atoms. The van der Waals surface area contributed by atoms with Gasteiger partial charge in [-0.1, -0.05) is 140 Å². The Labute approximate surface area is 272 Å². The molecular weight excluding hydrogens is 567 g/mol. The fourth-order valence-electron chi connectivity index (χ4n) is 7.85. The standard InChI is InChI=1S/C46H29N/c1-3-14-37(15-4-1)47(38-16-5-2-6-17-38)42-29-36-25-21-30(40-27-26-33-12-9-19-41(42)45(33)46(36)40)20-24-34-28-35-13-7-10-31-22-23-32-11-8-18-39(34)44(32)43(31)35/h1-29H/b24-20+. The van der Waals surface area contributed by atoms with Crippen molar-refractivity contribution < 1.29 is 0 Å². The van der Waals surface area contributed by atoms with Crippen molar-refractivity contribution in [3.63, 3.8) is 0 Å². The maximum atomic E-state index is 2.39. The van der Waals surface area contributed by atoms with Crippen LogP contribution in [0.4, 0.5) is 17.1 Å². The van der Waals surface area contributed by atoms with Crippen LogP contribution in [-0.2, 0) is 0 Å². The molecule has 10 aromatic rings. The van der Waals surface area contributed by atoms with Crippen molar-refractivity contribution in [3.05, 3.63) is 175 Å². The second-order valence-corrected chi connectivity index (χ2v) is 12.5. The van der Waals surface area contributed by atoms with Gasteiger partial charge in [-0.2, -0.15) is 0 Å². The van der Waals surface area contributed by atoms with E-state index in [4.69, 9.17) is 0 Å². The zero-order valence-electron chi connectivity index (χ0n) is 25.7. The lowest BCUT2D eigenvalue weighted by atomic mass is 9.89. The molecule has 0 bridgehead atoms. The molecule has 0 saturated carbocycles. The van der Waals surface area contributed by atoms with E-state index in [1.54, 1.807) is 0 Å². The van der Waals surface area contributed by atoms with E-state index in [9.17, 15) is 0 Å². The van der Waals surface area contributed by atoms with Crippen LogP contribution in [0.1, 0.15) is 11.1 Å². The van der Waals surface area contributed by atoms with Crippen molar-refractivity contribution in [1.82, 2.24) is 0 Å². The summed E-state index contributed by atoms with van der Waals surface area (Å²) in [5.41, 5.74) is 5.95. The van der Waals surface area contributed by atoms with E-state index in [-0.39, 0.29) is 0 Å². The average molecular weight is 596 g/mol. The zero-order valence-corrected chi connectivity index (χ0v) is 25.7. The van der Waals surface area contributed by atoms with E-state index in [1.165, 1.54) is 81.4 Å². The van der Waals surface area contributed by atoms with E-state index in [1.807, 2.05) is 0 Å². The van der Waals surface area contributed by atoms with Gasteiger partial charge in [-0.05, 0) is 107 Å². The first kappa shape index (κ1) is 26.1. The Morgan fingerprint density at radius 2 is 0.809 bits per heavy atom. The van der Waals surface area contributed by atoms with Crippen molar-refractivity contribution in [2.45, 2.75) is 0 Å². The lowest BCUT2D eigenvalue weighted by Gasteiger charge is -2.28. The molecule has 0 aliphatic carbocycles. The van der Waals surface area contributed by atoms with Crippen LogP contribution in [0.15, 0.2) is 164 Å². The molecule has 10 aromatic carbocycles. The monoisotopic (exact) mass is 595 g/mol. The molecule has 0 aliphatic rings. The molecule has 0 atom stereocenters. The molecule has 1 nitrogen and oxygen atoms in total. The van der Waals surface area contributed by atoms with Crippen LogP contribution < -0.4 is 4.90 Å². The van der Waals surface area contributed by atoms with Gasteiger partial charge in [0, 0.05) is 16.8 Å². The summed E-state index contributed by atoms with van der Waals surface area (Å²) in [6, 6.07) is 59.8. The second kappa shape index (κ2) is 10.2. The highest BCUT2D eigenvalue weighted by Gasteiger charge is 2.19. The Morgan fingerprint density at radius 1 is 0.319 bits per heavy atom. The minimum Gasteiger partial charge on any atom is -0.310 e. The molecule has 10 rings (SSSR count). The molecular formula is C46H29N. The van der Waals surface area contributed by atoms with Crippen LogP contribution in [0.25, 0.3) is 76.8 Å². The van der Waals surface area contributed by atoms with Crippen molar-refractivity contribution >= 4 is 93.8 Å². The molecule has 0 heterocycles. The first-order valence-electron chi connectivity index (χ1n) is 16.3. The number of anilines is 3. The lowest BCUT2D eigenvalue weighted by molar-refractivity contribution is 1.30. The van der Waals surface area contributed by atoms with E-state index >= 15 is 0 Å². The molecule has 0 N–H and O–H groups in total. The highest BCUT2D eigenvalue weighted by molar-refractivity contribution is 6.28. The number of rotatable bonds is 5. The van der Waals surface area contributed by atoms with Gasteiger partial charge < -0.3 is 4.90 Å². The number of para-hydroxylation sites is 2. The van der Waals surface area contributed by atoms with Gasteiger partial charge in [0.1, 0.15) is 0 Å². The van der Waals surface area contributed by atoms with E-state index in [0.717, 1.165) is 11.4 Å². The van der Waals surface area contributed by atoms with Crippen molar-refractivity contribution in [3.8, 4) is 0 Å². The minimum atomic E-state index is 1.14. The molecule has 0 aromatic heterocycles. The summed E-state index contributed by atoms with van der Waals surface area (Å²) >= 11 is 0. The fourth-order valence-corrected chi connectivity index (χ4v) is 7.85. The van der Waals surface area contributed by atoms with Gasteiger partial charge in [0.2, 0.25) is 0 Å². The Morgan fingerprint density at radius 3 is 1.53 bits per heavy atom. The summed E-state index contributed by atoms with van der Waals surface area (Å²) in [5, 5.41) is 15.5. The molecule has 0 unspecified atom stereocenters. The number of hydrogen-bond donors (Lipinski definition) is 0. The third-order valence-electron chi connectivity index (χ3n) is 9.91. The van der Waals surface area contributed by atoms with Gasteiger partial charge in [0.15, 0.2) is 0 Å². The number of hydrogen-bond acceptors (Lipinski definition) is 1. The highest BCUT2D eigenvalue weighted by Crippen LogP contribution is 2.45. The quantitative estimate of drug-likeness (QED) is 0.141. The van der Waals surface area contributed by atoms with E-state index in [0.29, 0.717) is 0 Å². The van der Waals surface area contributed by atoms with Crippen LogP contribution in [0.5, 0.6) is 0 Å². The van der Waals surface area contributed by atoms with Gasteiger partial charge in [0.25, 0.3) is 0 Å². The smallest absolute Gasteiger partial charge is 0.0546 e. The van der Waals surface area contributed by atoms with Crippen molar-refractivity contribution in [2.24, 2.45) is 0 Å². The summed E-state index contributed by atoms with van der Waals surface area (Å²) in [6.45, 7) is 0. The average Bonchev–Trinajstić information content (AvgIpc) is 3.13. The third-order valence-corrected chi connectivity index (χ3v) is 9.91. The summed E-state index contributed by atoms with van der Waals surface area (Å²) in [5.74, 6) is 0. The zero-order chi connectivity index (χ0) is 30.9. The molecule has 0 aliphatic heterocycles. The predicted molar refractivity (Wildman–Crippen MR) is 204 cm³/mol. The molecule has 0 spiro atoms. The van der Waals surface area contributed by atoms with E-state index < -0.39 is 0 Å². The molecule has 1 heteroatoms. The molecule has 0 radical (unpaired) electrons. The minimum absolute atomic E-state index is 1.14. The van der Waals surface area contributed by atoms with Crippen LogP contribution in [-0.4, -0.2) is 0 Å². The van der Waals surface area contributed by atoms with E-state index in [2.05, 4.69) is 181 Å². The SMILES string of the molecule is C(=C\c1ccc2cc(N(c3ccccc3)c3ccccc3)c3cccc4ccc1c2c43)/c1cc2cccc3ccc4cccc1c4c32. The largest absolute Gasteiger partial charge is 0.310 e. The van der Waals surface area contributed by atoms with Crippen LogP contribution in [0, 0.1) is 0 Å². The first-order valence-corrected chi connectivity index (χ1v) is 16.3. The normalized spacial score (nSPS) is 12.2. The summed E-state index contributed by atoms with van der Waals surface area (Å²) in [6.07, 6.45) is 4.62. The number of nitrogens with zero attached hydrogens (tertiary/aromatic N) is 1. The third kappa shape index (κ3) is 3.97. The summed E-state index contributed by atoms with van der Waals surface area (Å²) in [4.78, 5) is 2.39. The molecule has 0 saturated heterocycles. The fraction of sp³-hybridized carbons (Fsp3) is 0. The molecule has 0 fully saturated rings. The van der Waals surface area contributed by atoms with Crippen LogP contribution >= 0.6 is 0 Å². The van der Waals surface area contributed by atoms with Gasteiger partial charge in [0.05, 0.1) is 5.69 Å². The topological polar surface area (TPSA) is 3.24 Å². The maximum absolute atomic E-state index is 2.39. The molecule has 218 valence electrons. The maximum Gasteiger partial charge on any atom is 0.0546 e. The number of benzene rings is 10. The van der Waals surface area contributed by atoms with Gasteiger partial charge in [-0.25, -0.2) is 0 Å². The van der Waals surface area contributed by atoms with Crippen LogP contribution in [0.2, 0.25) is 0 Å². The van der Waals surface area contributed by atoms with Gasteiger partial charge >= 0.3 is 0 Å². The highest BCUT2D eigenvalue weighted by atomic mass is 15.1. The second-order valence-electron chi connectivity index (χ2n) is 12.5. The Hall–Kier alpha value is -6.18.